The number of amidine groups is 1. The van der Waals surface area contributed by atoms with Gasteiger partial charge in [-0.3, -0.25) is 0 Å². The van der Waals surface area contributed by atoms with E-state index in [1.807, 2.05) is 11.8 Å². The quantitative estimate of drug-likeness (QED) is 0.304. The Balaban J connectivity index is 2.24. The number of nitrogens with zero attached hydrogens (tertiary/aromatic N) is 1. The normalized spacial score (nSPS) is 21.2. The Hall–Kier alpha value is -0.420. The summed E-state index contributed by atoms with van der Waals surface area (Å²) in [5, 5.41) is 12.4. The standard InChI is InChI=1S/C8H16N2O2S/c1-2-6(3-8(9)10-11)13-7-4-12-5-7/h6-7,11H,2-5H2,1H3,(H2,9,10). The molecule has 76 valence electrons. The average molecular weight is 204 g/mol. The highest BCUT2D eigenvalue weighted by atomic mass is 32.2. The van der Waals surface area contributed by atoms with Gasteiger partial charge in [0.25, 0.3) is 0 Å². The molecule has 0 saturated carbocycles. The Morgan fingerprint density at radius 3 is 2.85 bits per heavy atom. The molecule has 3 N–H and O–H groups in total. The fourth-order valence-corrected chi connectivity index (χ4v) is 2.48. The van der Waals surface area contributed by atoms with Crippen LogP contribution >= 0.6 is 11.8 Å². The molecule has 1 heterocycles. The zero-order chi connectivity index (χ0) is 9.68. The molecule has 0 aliphatic carbocycles. The summed E-state index contributed by atoms with van der Waals surface area (Å²) in [4.78, 5) is 0. The molecule has 0 aromatic carbocycles. The van der Waals surface area contributed by atoms with Crippen molar-refractivity contribution in [3.05, 3.63) is 0 Å². The second-order valence-electron chi connectivity index (χ2n) is 3.12. The lowest BCUT2D eigenvalue weighted by Gasteiger charge is -2.28. The van der Waals surface area contributed by atoms with Crippen molar-refractivity contribution in [3.63, 3.8) is 0 Å². The Morgan fingerprint density at radius 1 is 1.77 bits per heavy atom. The monoisotopic (exact) mass is 204 g/mol. The summed E-state index contributed by atoms with van der Waals surface area (Å²) in [6, 6.07) is 0. The molecule has 1 rings (SSSR count). The molecule has 1 fully saturated rings. The number of hydrogen-bond donors (Lipinski definition) is 2. The van der Waals surface area contributed by atoms with Crippen LogP contribution < -0.4 is 5.73 Å². The van der Waals surface area contributed by atoms with Gasteiger partial charge in [-0.1, -0.05) is 12.1 Å². The molecule has 13 heavy (non-hydrogen) atoms. The fourth-order valence-electron chi connectivity index (χ4n) is 1.13. The Labute approximate surface area is 82.5 Å². The van der Waals surface area contributed by atoms with E-state index >= 15 is 0 Å². The smallest absolute Gasteiger partial charge is 0.140 e. The molecule has 0 spiro atoms. The average Bonchev–Trinajstić information content (AvgIpc) is 2.08. The van der Waals surface area contributed by atoms with Crippen molar-refractivity contribution in [2.75, 3.05) is 13.2 Å². The van der Waals surface area contributed by atoms with Crippen molar-refractivity contribution in [1.82, 2.24) is 0 Å². The maximum absolute atomic E-state index is 8.41. The van der Waals surface area contributed by atoms with Crippen LogP contribution in [0.5, 0.6) is 0 Å². The minimum atomic E-state index is 0.319. The molecule has 1 aliphatic heterocycles. The third-order valence-electron chi connectivity index (χ3n) is 2.01. The first-order chi connectivity index (χ1) is 6.26. The van der Waals surface area contributed by atoms with Gasteiger partial charge >= 0.3 is 0 Å². The fraction of sp³-hybridized carbons (Fsp3) is 0.875. The van der Waals surface area contributed by atoms with Gasteiger partial charge in [-0.15, -0.1) is 11.8 Å². The Morgan fingerprint density at radius 2 is 2.46 bits per heavy atom. The molecule has 1 saturated heterocycles. The van der Waals surface area contributed by atoms with E-state index in [-0.39, 0.29) is 0 Å². The molecule has 1 atom stereocenters. The van der Waals surface area contributed by atoms with Gasteiger partial charge in [0.15, 0.2) is 0 Å². The molecule has 0 aromatic rings. The summed E-state index contributed by atoms with van der Waals surface area (Å²) >= 11 is 1.88. The minimum absolute atomic E-state index is 0.319. The van der Waals surface area contributed by atoms with Gasteiger partial charge in [-0.2, -0.15) is 0 Å². The number of ether oxygens (including phenoxy) is 1. The summed E-state index contributed by atoms with van der Waals surface area (Å²) in [7, 11) is 0. The first-order valence-corrected chi connectivity index (χ1v) is 5.40. The molecular formula is C8H16N2O2S. The van der Waals surface area contributed by atoms with E-state index < -0.39 is 0 Å². The SMILES string of the molecule is CCC(CC(N)=NO)SC1COC1. The van der Waals surface area contributed by atoms with Crippen LogP contribution in [0.4, 0.5) is 0 Å². The maximum Gasteiger partial charge on any atom is 0.140 e. The first kappa shape index (κ1) is 10.7. The summed E-state index contributed by atoms with van der Waals surface area (Å²) in [5.41, 5.74) is 5.44. The summed E-state index contributed by atoms with van der Waals surface area (Å²) in [6.45, 7) is 3.80. The third-order valence-corrected chi connectivity index (χ3v) is 3.55. The van der Waals surface area contributed by atoms with Crippen LogP contribution in [0.1, 0.15) is 19.8 Å². The van der Waals surface area contributed by atoms with Gasteiger partial charge < -0.3 is 15.7 Å². The lowest BCUT2D eigenvalue weighted by atomic mass is 10.2. The number of rotatable bonds is 5. The van der Waals surface area contributed by atoms with E-state index in [0.29, 0.717) is 22.8 Å². The van der Waals surface area contributed by atoms with Gasteiger partial charge in [0.2, 0.25) is 0 Å². The molecule has 5 heteroatoms. The van der Waals surface area contributed by atoms with Crippen LogP contribution in [0.25, 0.3) is 0 Å². The minimum Gasteiger partial charge on any atom is -0.409 e. The Bertz CT molecular complexity index is 183. The van der Waals surface area contributed by atoms with Crippen molar-refractivity contribution in [2.24, 2.45) is 10.9 Å². The molecule has 0 aromatic heterocycles. The molecule has 0 amide bonds. The second kappa shape index (κ2) is 5.34. The van der Waals surface area contributed by atoms with Crippen molar-refractivity contribution < 1.29 is 9.94 Å². The van der Waals surface area contributed by atoms with Crippen LogP contribution in [0.3, 0.4) is 0 Å². The van der Waals surface area contributed by atoms with Crippen molar-refractivity contribution in [3.8, 4) is 0 Å². The topological polar surface area (TPSA) is 67.8 Å². The molecular weight excluding hydrogens is 188 g/mol. The van der Waals surface area contributed by atoms with Crippen LogP contribution in [0, 0.1) is 0 Å². The lowest BCUT2D eigenvalue weighted by molar-refractivity contribution is 0.0453. The number of nitrogens with two attached hydrogens (primary N) is 1. The zero-order valence-electron chi connectivity index (χ0n) is 7.77. The van der Waals surface area contributed by atoms with Crippen LogP contribution in [0.2, 0.25) is 0 Å². The van der Waals surface area contributed by atoms with Crippen molar-refractivity contribution >= 4 is 17.6 Å². The Kier molecular flexibility index (Phi) is 4.38. The highest BCUT2D eigenvalue weighted by Gasteiger charge is 2.23. The largest absolute Gasteiger partial charge is 0.409 e. The van der Waals surface area contributed by atoms with Gasteiger partial charge in [-0.05, 0) is 6.42 Å². The van der Waals surface area contributed by atoms with Gasteiger partial charge in [-0.25, -0.2) is 0 Å². The van der Waals surface area contributed by atoms with E-state index in [4.69, 9.17) is 15.7 Å². The highest BCUT2D eigenvalue weighted by Crippen LogP contribution is 2.27. The third kappa shape index (κ3) is 3.44. The highest BCUT2D eigenvalue weighted by molar-refractivity contribution is 8.00. The maximum atomic E-state index is 8.41. The van der Waals surface area contributed by atoms with E-state index in [9.17, 15) is 0 Å². The number of hydrogen-bond acceptors (Lipinski definition) is 4. The first-order valence-electron chi connectivity index (χ1n) is 4.45. The molecule has 1 unspecified atom stereocenters. The summed E-state index contributed by atoms with van der Waals surface area (Å²) in [6.07, 6.45) is 1.70. The van der Waals surface area contributed by atoms with Crippen molar-refractivity contribution in [2.45, 2.75) is 30.3 Å². The molecule has 1 aliphatic rings. The van der Waals surface area contributed by atoms with Crippen LogP contribution in [-0.2, 0) is 4.74 Å². The molecule has 0 bridgehead atoms. The summed E-state index contributed by atoms with van der Waals surface area (Å²) < 4.78 is 5.08. The van der Waals surface area contributed by atoms with E-state index in [1.54, 1.807) is 0 Å². The summed E-state index contributed by atoms with van der Waals surface area (Å²) in [5.74, 6) is 0.319. The van der Waals surface area contributed by atoms with E-state index in [2.05, 4.69) is 12.1 Å². The molecule has 4 nitrogen and oxygen atoms in total. The predicted molar refractivity (Wildman–Crippen MR) is 54.3 cm³/mol. The zero-order valence-corrected chi connectivity index (χ0v) is 8.59. The molecule has 0 radical (unpaired) electrons. The van der Waals surface area contributed by atoms with Crippen LogP contribution in [0.15, 0.2) is 5.16 Å². The van der Waals surface area contributed by atoms with Gasteiger partial charge in [0.05, 0.1) is 18.5 Å². The second-order valence-corrected chi connectivity index (χ2v) is 4.73. The van der Waals surface area contributed by atoms with E-state index in [1.165, 1.54) is 0 Å². The van der Waals surface area contributed by atoms with Crippen molar-refractivity contribution in [1.29, 1.82) is 0 Å². The number of thioether (sulfide) groups is 1. The lowest BCUT2D eigenvalue weighted by Crippen LogP contribution is -2.33. The van der Waals surface area contributed by atoms with Crippen LogP contribution in [-0.4, -0.2) is 34.8 Å². The predicted octanol–water partition coefficient (Wildman–Crippen LogP) is 1.03. The van der Waals surface area contributed by atoms with E-state index in [0.717, 1.165) is 19.6 Å². The van der Waals surface area contributed by atoms with Gasteiger partial charge in [0.1, 0.15) is 5.84 Å². The number of oxime groups is 1. The van der Waals surface area contributed by atoms with Gasteiger partial charge in [0, 0.05) is 11.7 Å².